The van der Waals surface area contributed by atoms with Crippen LogP contribution in [0, 0.1) is 12.7 Å². The molecule has 3 aromatic rings. The lowest BCUT2D eigenvalue weighted by molar-refractivity contribution is 0.0671. The molecule has 1 atom stereocenters. The molecule has 1 aromatic carbocycles. The topological polar surface area (TPSA) is 63.9 Å². The van der Waals surface area contributed by atoms with E-state index in [1.54, 1.807) is 11.2 Å². The highest BCUT2D eigenvalue weighted by Crippen LogP contribution is 2.32. The maximum absolute atomic E-state index is 13.1. The van der Waals surface area contributed by atoms with Crippen LogP contribution in [-0.4, -0.2) is 36.3 Å². The second-order valence-corrected chi connectivity index (χ2v) is 6.73. The summed E-state index contributed by atoms with van der Waals surface area (Å²) in [7, 11) is 0. The van der Waals surface area contributed by atoms with E-state index in [2.05, 4.69) is 14.3 Å². The van der Waals surface area contributed by atoms with Crippen molar-refractivity contribution in [3.8, 4) is 5.13 Å². The number of aromatic nitrogens is 4. The van der Waals surface area contributed by atoms with Gasteiger partial charge in [0.2, 0.25) is 5.13 Å². The fourth-order valence-electron chi connectivity index (χ4n) is 3.17. The minimum Gasteiger partial charge on any atom is -0.330 e. The minimum atomic E-state index is -0.352. The van der Waals surface area contributed by atoms with E-state index in [1.807, 2.05) is 18.4 Å². The van der Waals surface area contributed by atoms with Crippen LogP contribution in [0.3, 0.4) is 0 Å². The predicted octanol–water partition coefficient (Wildman–Crippen LogP) is 2.93. The van der Waals surface area contributed by atoms with Crippen molar-refractivity contribution in [2.75, 3.05) is 6.54 Å². The van der Waals surface area contributed by atoms with Gasteiger partial charge in [0, 0.05) is 30.1 Å². The van der Waals surface area contributed by atoms with Crippen molar-refractivity contribution >= 4 is 17.4 Å². The Hall–Kier alpha value is -2.61. The molecule has 1 unspecified atom stereocenters. The van der Waals surface area contributed by atoms with Gasteiger partial charge in [-0.25, -0.2) is 14.4 Å². The monoisotopic (exact) mass is 357 g/mol. The number of hydrogen-bond acceptors (Lipinski definition) is 5. The zero-order valence-electron chi connectivity index (χ0n) is 13.8. The number of aryl methyl sites for hydroxylation is 1. The van der Waals surface area contributed by atoms with Crippen molar-refractivity contribution in [3.63, 3.8) is 0 Å². The van der Waals surface area contributed by atoms with Crippen LogP contribution < -0.4 is 0 Å². The number of fused-ring (bicyclic) bond motifs is 1. The molecule has 25 heavy (non-hydrogen) atoms. The summed E-state index contributed by atoms with van der Waals surface area (Å²) in [5, 5.41) is 0.745. The first-order valence-electron chi connectivity index (χ1n) is 7.98. The molecule has 6 nitrogen and oxygen atoms in total. The Bertz CT molecular complexity index is 933. The van der Waals surface area contributed by atoms with Gasteiger partial charge in [0.05, 0.1) is 17.4 Å². The predicted molar refractivity (Wildman–Crippen MR) is 91.3 cm³/mol. The molecule has 1 aliphatic heterocycles. The van der Waals surface area contributed by atoms with Crippen LogP contribution in [-0.2, 0) is 6.42 Å². The summed E-state index contributed by atoms with van der Waals surface area (Å²) >= 11 is 1.31. The number of hydrogen-bond donors (Lipinski definition) is 0. The molecule has 4 rings (SSSR count). The minimum absolute atomic E-state index is 0.112. The summed E-state index contributed by atoms with van der Waals surface area (Å²) in [5.74, 6) is 0.250. The zero-order chi connectivity index (χ0) is 17.6. The molecule has 0 spiro atoms. The van der Waals surface area contributed by atoms with Crippen LogP contribution in [0.5, 0.6) is 0 Å². The van der Waals surface area contributed by atoms with Gasteiger partial charge in [-0.15, -0.1) is 0 Å². The molecule has 3 heterocycles. The number of amides is 1. The van der Waals surface area contributed by atoms with Crippen LogP contribution in [0.1, 0.15) is 40.5 Å². The number of halogens is 1. The SMILES string of the molecule is Cc1nsc(-n2cnc3c2C(C)N(C(=O)c2ccc(F)cc2)CC3)n1. The molecular weight excluding hydrogens is 341 g/mol. The van der Waals surface area contributed by atoms with Gasteiger partial charge < -0.3 is 4.90 Å². The molecule has 1 amide bonds. The van der Waals surface area contributed by atoms with E-state index in [9.17, 15) is 9.18 Å². The smallest absolute Gasteiger partial charge is 0.254 e. The van der Waals surface area contributed by atoms with Gasteiger partial charge in [-0.1, -0.05) is 0 Å². The Balaban J connectivity index is 1.69. The molecule has 0 saturated carbocycles. The largest absolute Gasteiger partial charge is 0.330 e. The third-order valence-electron chi connectivity index (χ3n) is 4.41. The van der Waals surface area contributed by atoms with Crippen LogP contribution in [0.15, 0.2) is 30.6 Å². The highest BCUT2D eigenvalue weighted by molar-refractivity contribution is 7.08. The molecule has 1 aliphatic rings. The lowest BCUT2D eigenvalue weighted by atomic mass is 10.0. The van der Waals surface area contributed by atoms with E-state index in [1.165, 1.54) is 35.8 Å². The summed E-state index contributed by atoms with van der Waals surface area (Å²) in [6, 6.07) is 5.49. The Kier molecular flexibility index (Phi) is 3.84. The van der Waals surface area contributed by atoms with Crippen molar-refractivity contribution < 1.29 is 9.18 Å². The van der Waals surface area contributed by atoms with Crippen molar-refractivity contribution in [2.45, 2.75) is 26.3 Å². The second kappa shape index (κ2) is 6.03. The molecular formula is C17H16FN5OS. The third-order valence-corrected chi connectivity index (χ3v) is 5.22. The lowest BCUT2D eigenvalue weighted by Gasteiger charge is -2.34. The summed E-state index contributed by atoms with van der Waals surface area (Å²) in [6.45, 7) is 4.40. The van der Waals surface area contributed by atoms with Gasteiger partial charge in [0.25, 0.3) is 5.91 Å². The molecule has 0 saturated heterocycles. The van der Waals surface area contributed by atoms with Crippen molar-refractivity contribution in [2.24, 2.45) is 0 Å². The lowest BCUT2D eigenvalue weighted by Crippen LogP contribution is -2.39. The first-order chi connectivity index (χ1) is 12.0. The Morgan fingerprint density at radius 3 is 2.76 bits per heavy atom. The van der Waals surface area contributed by atoms with Crippen LogP contribution in [0.2, 0.25) is 0 Å². The fraction of sp³-hybridized carbons (Fsp3) is 0.294. The van der Waals surface area contributed by atoms with Gasteiger partial charge >= 0.3 is 0 Å². The summed E-state index contributed by atoms with van der Waals surface area (Å²) in [4.78, 5) is 23.6. The van der Waals surface area contributed by atoms with Crippen molar-refractivity contribution in [3.05, 3.63) is 59.2 Å². The number of carbonyl (C=O) groups excluding carboxylic acids is 1. The van der Waals surface area contributed by atoms with Gasteiger partial charge in [0.15, 0.2) is 0 Å². The Labute approximate surface area is 148 Å². The van der Waals surface area contributed by atoms with E-state index in [-0.39, 0.29) is 17.8 Å². The Morgan fingerprint density at radius 2 is 2.08 bits per heavy atom. The molecule has 0 radical (unpaired) electrons. The molecule has 2 aromatic heterocycles. The second-order valence-electron chi connectivity index (χ2n) is 6.00. The molecule has 8 heteroatoms. The van der Waals surface area contributed by atoms with Crippen LogP contribution in [0.25, 0.3) is 5.13 Å². The quantitative estimate of drug-likeness (QED) is 0.707. The first kappa shape index (κ1) is 15.9. The van der Waals surface area contributed by atoms with E-state index in [0.717, 1.165) is 16.5 Å². The standard InChI is InChI=1S/C17H16FN5OS/c1-10-15-14(19-9-23(15)17-20-11(2)21-25-17)7-8-22(10)16(24)12-3-5-13(18)6-4-12/h3-6,9-10H,7-8H2,1-2H3. The first-order valence-corrected chi connectivity index (χ1v) is 8.75. The van der Waals surface area contributed by atoms with Gasteiger partial charge in [-0.05, 0) is 38.1 Å². The third kappa shape index (κ3) is 2.72. The maximum atomic E-state index is 13.1. The number of carbonyl (C=O) groups is 1. The van der Waals surface area contributed by atoms with E-state index >= 15 is 0 Å². The Morgan fingerprint density at radius 1 is 1.32 bits per heavy atom. The highest BCUT2D eigenvalue weighted by atomic mass is 32.1. The van der Waals surface area contributed by atoms with Crippen LogP contribution >= 0.6 is 11.5 Å². The summed E-state index contributed by atoms with van der Waals surface area (Å²) < 4.78 is 19.3. The average Bonchev–Trinajstić information content (AvgIpc) is 3.21. The number of rotatable bonds is 2. The number of benzene rings is 1. The molecule has 0 fully saturated rings. The van der Waals surface area contributed by atoms with Crippen LogP contribution in [0.4, 0.5) is 4.39 Å². The summed E-state index contributed by atoms with van der Waals surface area (Å²) in [6.07, 6.45) is 2.42. The number of imidazole rings is 1. The molecule has 0 bridgehead atoms. The van der Waals surface area contributed by atoms with Gasteiger partial charge in [-0.3, -0.25) is 9.36 Å². The normalized spacial score (nSPS) is 16.8. The average molecular weight is 357 g/mol. The van der Waals surface area contributed by atoms with Crippen molar-refractivity contribution in [1.29, 1.82) is 0 Å². The number of nitrogens with zero attached hydrogens (tertiary/aromatic N) is 5. The van der Waals surface area contributed by atoms with Gasteiger partial charge in [0.1, 0.15) is 18.0 Å². The fourth-order valence-corrected chi connectivity index (χ4v) is 3.83. The molecule has 128 valence electrons. The molecule has 0 aliphatic carbocycles. The van der Waals surface area contributed by atoms with Crippen molar-refractivity contribution in [1.82, 2.24) is 23.8 Å². The van der Waals surface area contributed by atoms with Gasteiger partial charge in [-0.2, -0.15) is 4.37 Å². The maximum Gasteiger partial charge on any atom is 0.254 e. The zero-order valence-corrected chi connectivity index (χ0v) is 14.6. The van der Waals surface area contributed by atoms with E-state index in [4.69, 9.17) is 0 Å². The summed E-state index contributed by atoms with van der Waals surface area (Å²) in [5.41, 5.74) is 2.41. The van der Waals surface area contributed by atoms with E-state index < -0.39 is 0 Å². The highest BCUT2D eigenvalue weighted by Gasteiger charge is 2.32. The van der Waals surface area contributed by atoms with E-state index in [0.29, 0.717) is 24.4 Å². The molecule has 0 N–H and O–H groups in total.